The fraction of sp³-hybridized carbons (Fsp3) is 0.923. The second kappa shape index (κ2) is 6.36. The molecule has 2 saturated heterocycles. The summed E-state index contributed by atoms with van der Waals surface area (Å²) >= 11 is 0. The van der Waals surface area contributed by atoms with Gasteiger partial charge in [0.1, 0.15) is 0 Å². The highest BCUT2D eigenvalue weighted by atomic mass is 16.5. The largest absolute Gasteiger partial charge is 0.381 e. The molecule has 0 bridgehead atoms. The maximum Gasteiger partial charge on any atom is 0.226 e. The van der Waals surface area contributed by atoms with Gasteiger partial charge >= 0.3 is 0 Å². The Hall–Kier alpha value is -0.610. The van der Waals surface area contributed by atoms with Crippen molar-refractivity contribution in [2.24, 2.45) is 17.6 Å². The molecule has 2 rings (SSSR count). The minimum Gasteiger partial charge on any atom is -0.381 e. The summed E-state index contributed by atoms with van der Waals surface area (Å²) in [7, 11) is 0. The van der Waals surface area contributed by atoms with Crippen molar-refractivity contribution < 1.29 is 9.53 Å². The minimum atomic E-state index is 0.0137. The van der Waals surface area contributed by atoms with E-state index in [4.69, 9.17) is 10.5 Å². The van der Waals surface area contributed by atoms with E-state index in [9.17, 15) is 4.79 Å². The van der Waals surface area contributed by atoms with E-state index in [-0.39, 0.29) is 11.8 Å². The van der Waals surface area contributed by atoms with Crippen LogP contribution in [0.3, 0.4) is 0 Å². The first-order valence-electron chi connectivity index (χ1n) is 6.88. The van der Waals surface area contributed by atoms with Gasteiger partial charge in [-0.25, -0.2) is 0 Å². The third-order valence-corrected chi connectivity index (χ3v) is 3.92. The molecular weight excluding hydrogens is 216 g/mol. The van der Waals surface area contributed by atoms with Crippen LogP contribution < -0.4 is 5.73 Å². The molecule has 2 atom stereocenters. The molecule has 2 N–H and O–H groups in total. The maximum atomic E-state index is 12.3. The molecule has 98 valence electrons. The summed E-state index contributed by atoms with van der Waals surface area (Å²) in [6.45, 7) is 4.02. The van der Waals surface area contributed by atoms with Crippen molar-refractivity contribution in [3.8, 4) is 0 Å². The SMILES string of the molecule is NCC(CC1CCCOC1)C(=O)N1CCCC1. The Labute approximate surface area is 103 Å². The molecule has 4 nitrogen and oxygen atoms in total. The lowest BCUT2D eigenvalue weighted by Gasteiger charge is -2.28. The molecule has 0 saturated carbocycles. The summed E-state index contributed by atoms with van der Waals surface area (Å²) in [4.78, 5) is 14.2. The normalized spacial score (nSPS) is 27.1. The van der Waals surface area contributed by atoms with Gasteiger partial charge in [-0.3, -0.25) is 4.79 Å². The van der Waals surface area contributed by atoms with Gasteiger partial charge in [0.2, 0.25) is 5.91 Å². The predicted octanol–water partition coefficient (Wildman–Crippen LogP) is 1.00. The van der Waals surface area contributed by atoms with Crippen LogP contribution in [0.25, 0.3) is 0 Å². The Morgan fingerprint density at radius 1 is 1.35 bits per heavy atom. The van der Waals surface area contributed by atoms with Crippen LogP contribution in [-0.2, 0) is 9.53 Å². The average molecular weight is 240 g/mol. The van der Waals surface area contributed by atoms with E-state index < -0.39 is 0 Å². The standard InChI is InChI=1S/C13H24N2O2/c14-9-12(8-11-4-3-7-17-10-11)13(16)15-5-1-2-6-15/h11-12H,1-10,14H2. The van der Waals surface area contributed by atoms with Crippen molar-refractivity contribution in [3.63, 3.8) is 0 Å². The number of nitrogens with zero attached hydrogens (tertiary/aromatic N) is 1. The highest BCUT2D eigenvalue weighted by Gasteiger charge is 2.28. The highest BCUT2D eigenvalue weighted by Crippen LogP contribution is 2.23. The quantitative estimate of drug-likeness (QED) is 0.797. The molecule has 0 aromatic rings. The predicted molar refractivity (Wildman–Crippen MR) is 66.5 cm³/mol. The summed E-state index contributed by atoms with van der Waals surface area (Å²) in [6, 6.07) is 0. The van der Waals surface area contributed by atoms with Crippen LogP contribution in [0.5, 0.6) is 0 Å². The molecule has 0 spiro atoms. The van der Waals surface area contributed by atoms with Gasteiger partial charge in [-0.05, 0) is 38.0 Å². The molecule has 2 aliphatic rings. The first kappa shape index (κ1) is 12.8. The number of rotatable bonds is 4. The van der Waals surface area contributed by atoms with Crippen molar-refractivity contribution in [2.45, 2.75) is 32.1 Å². The van der Waals surface area contributed by atoms with Gasteiger partial charge in [-0.15, -0.1) is 0 Å². The zero-order valence-corrected chi connectivity index (χ0v) is 10.6. The Morgan fingerprint density at radius 2 is 2.12 bits per heavy atom. The third-order valence-electron chi connectivity index (χ3n) is 3.92. The monoisotopic (exact) mass is 240 g/mol. The van der Waals surface area contributed by atoms with Gasteiger partial charge in [0, 0.05) is 32.8 Å². The lowest BCUT2D eigenvalue weighted by atomic mass is 9.89. The Bertz CT molecular complexity index is 246. The molecule has 0 aromatic carbocycles. The van der Waals surface area contributed by atoms with Gasteiger partial charge in [0.25, 0.3) is 0 Å². The van der Waals surface area contributed by atoms with Crippen LogP contribution in [0.1, 0.15) is 32.1 Å². The third kappa shape index (κ3) is 3.42. The summed E-state index contributed by atoms with van der Waals surface area (Å²) in [5.41, 5.74) is 5.77. The molecule has 2 aliphatic heterocycles. The zero-order chi connectivity index (χ0) is 12.1. The van der Waals surface area contributed by atoms with Crippen molar-refractivity contribution >= 4 is 5.91 Å². The Kier molecular flexibility index (Phi) is 4.80. The van der Waals surface area contributed by atoms with E-state index >= 15 is 0 Å². The highest BCUT2D eigenvalue weighted by molar-refractivity contribution is 5.79. The molecule has 2 unspecified atom stereocenters. The van der Waals surface area contributed by atoms with Gasteiger partial charge in [0.05, 0.1) is 5.92 Å². The Balaban J connectivity index is 1.83. The number of amides is 1. The summed E-state index contributed by atoms with van der Waals surface area (Å²) in [5, 5.41) is 0. The smallest absolute Gasteiger partial charge is 0.226 e. The van der Waals surface area contributed by atoms with Crippen molar-refractivity contribution in [3.05, 3.63) is 0 Å². The minimum absolute atomic E-state index is 0.0137. The number of likely N-dealkylation sites (tertiary alicyclic amines) is 1. The second-order valence-electron chi connectivity index (χ2n) is 5.28. The number of carbonyl (C=O) groups is 1. The first-order valence-corrected chi connectivity index (χ1v) is 6.88. The van der Waals surface area contributed by atoms with Crippen LogP contribution in [0.15, 0.2) is 0 Å². The molecule has 4 heteroatoms. The van der Waals surface area contributed by atoms with Gasteiger partial charge in [-0.2, -0.15) is 0 Å². The van der Waals surface area contributed by atoms with Crippen molar-refractivity contribution in [1.29, 1.82) is 0 Å². The molecule has 2 fully saturated rings. The fourth-order valence-corrected chi connectivity index (χ4v) is 2.89. The van der Waals surface area contributed by atoms with Gasteiger partial charge in [-0.1, -0.05) is 0 Å². The molecule has 0 radical (unpaired) electrons. The molecule has 2 heterocycles. The second-order valence-corrected chi connectivity index (χ2v) is 5.28. The zero-order valence-electron chi connectivity index (χ0n) is 10.6. The van der Waals surface area contributed by atoms with Crippen LogP contribution in [0.4, 0.5) is 0 Å². The Morgan fingerprint density at radius 3 is 2.71 bits per heavy atom. The lowest BCUT2D eigenvalue weighted by molar-refractivity contribution is -0.135. The van der Waals surface area contributed by atoms with E-state index in [1.165, 1.54) is 6.42 Å². The maximum absolute atomic E-state index is 12.3. The molecular formula is C13H24N2O2. The van der Waals surface area contributed by atoms with Crippen LogP contribution >= 0.6 is 0 Å². The van der Waals surface area contributed by atoms with E-state index in [1.54, 1.807) is 0 Å². The van der Waals surface area contributed by atoms with Gasteiger partial charge in [0.15, 0.2) is 0 Å². The van der Waals surface area contributed by atoms with E-state index in [2.05, 4.69) is 0 Å². The number of hydrogen-bond acceptors (Lipinski definition) is 3. The fourth-order valence-electron chi connectivity index (χ4n) is 2.89. The van der Waals surface area contributed by atoms with Crippen molar-refractivity contribution in [1.82, 2.24) is 4.90 Å². The summed E-state index contributed by atoms with van der Waals surface area (Å²) < 4.78 is 5.47. The lowest BCUT2D eigenvalue weighted by Crippen LogP contribution is -2.39. The van der Waals surface area contributed by atoms with E-state index in [1.807, 2.05) is 4.90 Å². The average Bonchev–Trinajstić information content (AvgIpc) is 2.90. The molecule has 0 aromatic heterocycles. The van der Waals surface area contributed by atoms with Crippen LogP contribution in [-0.4, -0.2) is 43.7 Å². The molecule has 17 heavy (non-hydrogen) atoms. The van der Waals surface area contributed by atoms with Crippen LogP contribution in [0, 0.1) is 11.8 Å². The molecule has 1 amide bonds. The summed E-state index contributed by atoms with van der Waals surface area (Å²) in [5.74, 6) is 0.819. The van der Waals surface area contributed by atoms with Gasteiger partial charge < -0.3 is 15.4 Å². The topological polar surface area (TPSA) is 55.6 Å². The summed E-state index contributed by atoms with van der Waals surface area (Å²) in [6.07, 6.45) is 5.51. The number of ether oxygens (including phenoxy) is 1. The number of carbonyl (C=O) groups excluding carboxylic acids is 1. The first-order chi connectivity index (χ1) is 8.31. The van der Waals surface area contributed by atoms with E-state index in [0.29, 0.717) is 12.5 Å². The molecule has 0 aliphatic carbocycles. The van der Waals surface area contributed by atoms with E-state index in [0.717, 1.165) is 52.0 Å². The van der Waals surface area contributed by atoms with Crippen LogP contribution in [0.2, 0.25) is 0 Å². The number of nitrogens with two attached hydrogens (primary N) is 1. The van der Waals surface area contributed by atoms with Crippen molar-refractivity contribution in [2.75, 3.05) is 32.8 Å². The number of hydrogen-bond donors (Lipinski definition) is 1.